The molecule has 1 rings (SSSR count). The second-order valence-electron chi connectivity index (χ2n) is 4.62. The first kappa shape index (κ1) is 15.9. The summed E-state index contributed by atoms with van der Waals surface area (Å²) in [6.07, 6.45) is 4.11. The molecule has 0 aliphatic carbocycles. The first-order valence-electron chi connectivity index (χ1n) is 6.55. The maximum absolute atomic E-state index is 11.9. The molecule has 0 aromatic heterocycles. The molecular formula is C15H20N2O3. The standard InChI is InChI=1S/C15H20N2O3/c1-11(4-3-9-16)15(20)17-13-6-2-5-12(10-13)7-8-14(18)19/h2,5-8,10-11H,3-4,9,16H2,1H3,(H,17,20)(H,18,19)/b8-7+. The van der Waals surface area contributed by atoms with Crippen LogP contribution in [0.15, 0.2) is 30.3 Å². The molecule has 108 valence electrons. The summed E-state index contributed by atoms with van der Waals surface area (Å²) in [5, 5.41) is 11.4. The third-order valence-corrected chi connectivity index (χ3v) is 2.86. The Kier molecular flexibility index (Phi) is 6.46. The molecule has 1 amide bonds. The third kappa shape index (κ3) is 5.67. The molecular weight excluding hydrogens is 256 g/mol. The zero-order chi connectivity index (χ0) is 15.0. The summed E-state index contributed by atoms with van der Waals surface area (Å²) in [4.78, 5) is 22.4. The molecule has 0 bridgehead atoms. The van der Waals surface area contributed by atoms with Gasteiger partial charge in [0, 0.05) is 17.7 Å². The number of hydrogen-bond donors (Lipinski definition) is 3. The number of carboxylic acid groups (broad SMARTS) is 1. The van der Waals surface area contributed by atoms with Gasteiger partial charge >= 0.3 is 5.97 Å². The number of hydrogen-bond acceptors (Lipinski definition) is 3. The van der Waals surface area contributed by atoms with Gasteiger partial charge in [0.2, 0.25) is 5.91 Å². The van der Waals surface area contributed by atoms with Crippen molar-refractivity contribution < 1.29 is 14.7 Å². The molecule has 0 spiro atoms. The van der Waals surface area contributed by atoms with E-state index in [0.717, 1.165) is 24.5 Å². The van der Waals surface area contributed by atoms with E-state index in [2.05, 4.69) is 5.32 Å². The average molecular weight is 276 g/mol. The zero-order valence-electron chi connectivity index (χ0n) is 11.5. The first-order valence-corrected chi connectivity index (χ1v) is 6.55. The Morgan fingerprint density at radius 1 is 1.45 bits per heavy atom. The van der Waals surface area contributed by atoms with E-state index in [9.17, 15) is 9.59 Å². The van der Waals surface area contributed by atoms with E-state index in [4.69, 9.17) is 10.8 Å². The Balaban J connectivity index is 2.66. The second-order valence-corrected chi connectivity index (χ2v) is 4.62. The van der Waals surface area contributed by atoms with Crippen LogP contribution in [-0.2, 0) is 9.59 Å². The molecule has 4 N–H and O–H groups in total. The maximum atomic E-state index is 11.9. The fourth-order valence-electron chi connectivity index (χ4n) is 1.71. The summed E-state index contributed by atoms with van der Waals surface area (Å²) in [5.74, 6) is -1.16. The van der Waals surface area contributed by atoms with Crippen LogP contribution in [0, 0.1) is 5.92 Å². The lowest BCUT2D eigenvalue weighted by Gasteiger charge is -2.12. The highest BCUT2D eigenvalue weighted by atomic mass is 16.4. The summed E-state index contributed by atoms with van der Waals surface area (Å²) in [7, 11) is 0. The van der Waals surface area contributed by atoms with Crippen LogP contribution in [0.3, 0.4) is 0 Å². The quantitative estimate of drug-likeness (QED) is 0.665. The van der Waals surface area contributed by atoms with E-state index in [1.165, 1.54) is 6.08 Å². The number of carbonyl (C=O) groups excluding carboxylic acids is 1. The van der Waals surface area contributed by atoms with Gasteiger partial charge in [-0.2, -0.15) is 0 Å². The van der Waals surface area contributed by atoms with Gasteiger partial charge < -0.3 is 16.2 Å². The van der Waals surface area contributed by atoms with Crippen molar-refractivity contribution in [1.82, 2.24) is 0 Å². The number of carboxylic acids is 1. The van der Waals surface area contributed by atoms with Crippen LogP contribution in [0.1, 0.15) is 25.3 Å². The molecule has 0 saturated heterocycles. The minimum absolute atomic E-state index is 0.0576. The van der Waals surface area contributed by atoms with Crippen LogP contribution >= 0.6 is 0 Å². The van der Waals surface area contributed by atoms with Gasteiger partial charge in [0.25, 0.3) is 0 Å². The van der Waals surface area contributed by atoms with Crippen molar-refractivity contribution in [2.75, 3.05) is 11.9 Å². The van der Waals surface area contributed by atoms with Gasteiger partial charge in [-0.1, -0.05) is 19.1 Å². The van der Waals surface area contributed by atoms with Crippen molar-refractivity contribution in [2.24, 2.45) is 11.7 Å². The summed E-state index contributed by atoms with van der Waals surface area (Å²) >= 11 is 0. The van der Waals surface area contributed by atoms with Gasteiger partial charge in [-0.15, -0.1) is 0 Å². The lowest BCUT2D eigenvalue weighted by molar-refractivity contribution is -0.131. The molecule has 0 aliphatic rings. The predicted molar refractivity (Wildman–Crippen MR) is 79.2 cm³/mol. The van der Waals surface area contributed by atoms with Crippen LogP contribution in [0.2, 0.25) is 0 Å². The Morgan fingerprint density at radius 3 is 2.85 bits per heavy atom. The van der Waals surface area contributed by atoms with Crippen molar-refractivity contribution in [3.05, 3.63) is 35.9 Å². The average Bonchev–Trinajstić information content (AvgIpc) is 2.42. The van der Waals surface area contributed by atoms with Gasteiger partial charge in [0.15, 0.2) is 0 Å². The maximum Gasteiger partial charge on any atom is 0.328 e. The van der Waals surface area contributed by atoms with E-state index in [1.54, 1.807) is 24.3 Å². The monoisotopic (exact) mass is 276 g/mol. The fourth-order valence-corrected chi connectivity index (χ4v) is 1.71. The number of carbonyl (C=O) groups is 2. The first-order chi connectivity index (χ1) is 9.52. The minimum Gasteiger partial charge on any atom is -0.478 e. The molecule has 1 unspecified atom stereocenters. The molecule has 0 aliphatic heterocycles. The van der Waals surface area contributed by atoms with E-state index < -0.39 is 5.97 Å². The van der Waals surface area contributed by atoms with Gasteiger partial charge in [-0.3, -0.25) is 4.79 Å². The number of anilines is 1. The van der Waals surface area contributed by atoms with Gasteiger partial charge in [-0.05, 0) is 43.2 Å². The minimum atomic E-state index is -1.00. The Morgan fingerprint density at radius 2 is 2.20 bits per heavy atom. The molecule has 20 heavy (non-hydrogen) atoms. The molecule has 0 saturated carbocycles. The van der Waals surface area contributed by atoms with Gasteiger partial charge in [0.05, 0.1) is 0 Å². The van der Waals surface area contributed by atoms with E-state index >= 15 is 0 Å². The van der Waals surface area contributed by atoms with Gasteiger partial charge in [-0.25, -0.2) is 4.79 Å². The number of nitrogens with one attached hydrogen (secondary N) is 1. The topological polar surface area (TPSA) is 92.4 Å². The van der Waals surface area contributed by atoms with Crippen molar-refractivity contribution in [3.63, 3.8) is 0 Å². The highest BCUT2D eigenvalue weighted by molar-refractivity contribution is 5.92. The molecule has 1 aromatic rings. The normalized spacial score (nSPS) is 12.3. The van der Waals surface area contributed by atoms with Crippen LogP contribution in [0.5, 0.6) is 0 Å². The van der Waals surface area contributed by atoms with Crippen molar-refractivity contribution in [3.8, 4) is 0 Å². The van der Waals surface area contributed by atoms with Crippen LogP contribution in [-0.4, -0.2) is 23.5 Å². The van der Waals surface area contributed by atoms with E-state index in [1.807, 2.05) is 6.92 Å². The highest BCUT2D eigenvalue weighted by Gasteiger charge is 2.12. The molecule has 0 heterocycles. The Bertz CT molecular complexity index is 498. The molecule has 1 atom stereocenters. The van der Waals surface area contributed by atoms with Gasteiger partial charge in [0.1, 0.15) is 0 Å². The predicted octanol–water partition coefficient (Wildman–Crippen LogP) is 2.10. The Labute approximate surface area is 118 Å². The zero-order valence-corrected chi connectivity index (χ0v) is 11.5. The molecule has 5 heteroatoms. The van der Waals surface area contributed by atoms with Crippen LogP contribution < -0.4 is 11.1 Å². The Hall–Kier alpha value is -2.14. The molecule has 1 aromatic carbocycles. The smallest absolute Gasteiger partial charge is 0.328 e. The number of rotatable bonds is 7. The number of aliphatic carboxylic acids is 1. The largest absolute Gasteiger partial charge is 0.478 e. The van der Waals surface area contributed by atoms with E-state index in [0.29, 0.717) is 12.2 Å². The third-order valence-electron chi connectivity index (χ3n) is 2.86. The molecule has 5 nitrogen and oxygen atoms in total. The summed E-state index contributed by atoms with van der Waals surface area (Å²) < 4.78 is 0. The summed E-state index contributed by atoms with van der Waals surface area (Å²) in [6, 6.07) is 7.04. The van der Waals surface area contributed by atoms with Crippen LogP contribution in [0.4, 0.5) is 5.69 Å². The highest BCUT2D eigenvalue weighted by Crippen LogP contribution is 2.14. The van der Waals surface area contributed by atoms with E-state index in [-0.39, 0.29) is 11.8 Å². The molecule has 0 radical (unpaired) electrons. The number of amides is 1. The number of nitrogens with two attached hydrogens (primary N) is 1. The fraction of sp³-hybridized carbons (Fsp3) is 0.333. The summed E-state index contributed by atoms with van der Waals surface area (Å²) in [5.41, 5.74) is 6.80. The van der Waals surface area contributed by atoms with Crippen molar-refractivity contribution >= 4 is 23.6 Å². The lowest BCUT2D eigenvalue weighted by atomic mass is 10.0. The van der Waals surface area contributed by atoms with Crippen molar-refractivity contribution in [1.29, 1.82) is 0 Å². The lowest BCUT2D eigenvalue weighted by Crippen LogP contribution is -2.21. The summed E-state index contributed by atoms with van der Waals surface area (Å²) in [6.45, 7) is 2.44. The molecule has 0 fully saturated rings. The van der Waals surface area contributed by atoms with Crippen LogP contribution in [0.25, 0.3) is 6.08 Å². The second kappa shape index (κ2) is 8.12. The SMILES string of the molecule is CC(CCCN)C(=O)Nc1cccc(/C=C/C(=O)O)c1. The van der Waals surface area contributed by atoms with Crippen molar-refractivity contribution in [2.45, 2.75) is 19.8 Å². The number of benzene rings is 1.